The summed E-state index contributed by atoms with van der Waals surface area (Å²) in [5, 5.41) is 8.10. The van der Waals surface area contributed by atoms with Crippen LogP contribution in [0.25, 0.3) is 99.1 Å². The normalized spacial score (nSPS) is 11.6. The van der Waals surface area contributed by atoms with Gasteiger partial charge in [-0.05, 0) is 124 Å². The predicted molar refractivity (Wildman–Crippen MR) is 278 cm³/mol. The van der Waals surface area contributed by atoms with Crippen LogP contribution in [0.2, 0.25) is 0 Å². The molecule has 0 nitrogen and oxygen atoms in total. The van der Waals surface area contributed by atoms with Crippen LogP contribution in [0.4, 0.5) is 0 Å². The van der Waals surface area contributed by atoms with E-state index in [2.05, 4.69) is 207 Å². The third-order valence-corrected chi connectivity index (χ3v) is 13.7. The van der Waals surface area contributed by atoms with Gasteiger partial charge in [0.25, 0.3) is 0 Å². The Morgan fingerprint density at radius 2 is 0.703 bits per heavy atom. The zero-order valence-electron chi connectivity index (χ0n) is 37.3. The topological polar surface area (TPSA) is 0 Å². The fourth-order valence-corrected chi connectivity index (χ4v) is 10.3. The average Bonchev–Trinajstić information content (AvgIpc) is 3.37. The maximum atomic E-state index is 2.48. The molecule has 0 aliphatic heterocycles. The Bertz CT molecular complexity index is 3070. The van der Waals surface area contributed by atoms with Crippen LogP contribution in [-0.4, -0.2) is 0 Å². The quantitative estimate of drug-likeness (QED) is 0.0634. The molecule has 0 amide bonds. The third-order valence-electron chi connectivity index (χ3n) is 13.7. The van der Waals surface area contributed by atoms with E-state index >= 15 is 0 Å². The Labute approximate surface area is 380 Å². The number of hydrogen-bond acceptors (Lipinski definition) is 0. The lowest BCUT2D eigenvalue weighted by Crippen LogP contribution is -2.01. The van der Waals surface area contributed by atoms with Crippen molar-refractivity contribution in [3.63, 3.8) is 0 Å². The van der Waals surface area contributed by atoms with E-state index < -0.39 is 0 Å². The van der Waals surface area contributed by atoms with Crippen molar-refractivity contribution < 1.29 is 0 Å². The van der Waals surface area contributed by atoms with Gasteiger partial charge in [-0.15, -0.1) is 0 Å². The predicted octanol–water partition coefficient (Wildman–Crippen LogP) is 19.0. The minimum Gasteiger partial charge on any atom is -0.0654 e. The van der Waals surface area contributed by atoms with E-state index in [1.54, 1.807) is 0 Å². The molecule has 314 valence electrons. The first-order chi connectivity index (χ1) is 31.7. The van der Waals surface area contributed by atoms with Gasteiger partial charge in [0.1, 0.15) is 0 Å². The molecule has 0 saturated carbocycles. The van der Waals surface area contributed by atoms with E-state index in [9.17, 15) is 0 Å². The molecule has 0 aliphatic rings. The van der Waals surface area contributed by atoms with Gasteiger partial charge in [-0.1, -0.05) is 259 Å². The average molecular weight is 827 g/mol. The SMILES string of the molecule is CCCCCCCCCCCCc1c(-c2ccc(-c3ccccc3)cc2)c(-c2ccc(-c3ccccc3)cc2)c2c(-c3ccc(-c4ccccc4)cc3)cc3cccc4ccc1c2c43. The van der Waals surface area contributed by atoms with Crippen LogP contribution < -0.4 is 0 Å². The van der Waals surface area contributed by atoms with Crippen molar-refractivity contribution in [2.45, 2.75) is 77.6 Å². The van der Waals surface area contributed by atoms with Crippen molar-refractivity contribution in [2.75, 3.05) is 0 Å². The first kappa shape index (κ1) is 41.3. The molecule has 0 unspecified atom stereocenters. The molecule has 0 N–H and O–H groups in total. The highest BCUT2D eigenvalue weighted by Gasteiger charge is 2.25. The minimum absolute atomic E-state index is 1.04. The highest BCUT2D eigenvalue weighted by atomic mass is 14.3. The Balaban J connectivity index is 1.19. The molecule has 0 bridgehead atoms. The summed E-state index contributed by atoms with van der Waals surface area (Å²) < 4.78 is 0. The molecule has 0 heteroatoms. The van der Waals surface area contributed by atoms with E-state index in [0.717, 1.165) is 6.42 Å². The van der Waals surface area contributed by atoms with Gasteiger partial charge in [0.15, 0.2) is 0 Å². The number of unbranched alkanes of at least 4 members (excludes halogenated alkanes) is 9. The number of aryl methyl sites for hydroxylation is 1. The first-order valence-corrected chi connectivity index (χ1v) is 24.0. The van der Waals surface area contributed by atoms with Crippen molar-refractivity contribution in [1.82, 2.24) is 0 Å². The lowest BCUT2D eigenvalue weighted by molar-refractivity contribution is 0.556. The second kappa shape index (κ2) is 19.3. The summed E-state index contributed by atoms with van der Waals surface area (Å²) in [6.07, 6.45) is 14.3. The molecule has 0 fully saturated rings. The fourth-order valence-electron chi connectivity index (χ4n) is 10.3. The lowest BCUT2D eigenvalue weighted by atomic mass is 9.77. The maximum Gasteiger partial charge on any atom is -0.000766 e. The van der Waals surface area contributed by atoms with Gasteiger partial charge in [-0.3, -0.25) is 0 Å². The van der Waals surface area contributed by atoms with Crippen molar-refractivity contribution in [1.29, 1.82) is 0 Å². The molecule has 0 spiro atoms. The molecule has 0 saturated heterocycles. The molecule has 10 rings (SSSR count). The molecule has 64 heavy (non-hydrogen) atoms. The van der Waals surface area contributed by atoms with Crippen LogP contribution in [0, 0.1) is 0 Å². The van der Waals surface area contributed by atoms with Crippen LogP contribution in [-0.2, 0) is 6.42 Å². The second-order valence-electron chi connectivity index (χ2n) is 17.9. The van der Waals surface area contributed by atoms with E-state index in [1.807, 2.05) is 0 Å². The molecule has 10 aromatic rings. The van der Waals surface area contributed by atoms with Gasteiger partial charge < -0.3 is 0 Å². The summed E-state index contributed by atoms with van der Waals surface area (Å²) in [4.78, 5) is 0. The van der Waals surface area contributed by atoms with Crippen molar-refractivity contribution in [2.24, 2.45) is 0 Å². The van der Waals surface area contributed by atoms with Crippen LogP contribution in [0.1, 0.15) is 76.7 Å². The molecule has 0 aliphatic carbocycles. The Kier molecular flexibility index (Phi) is 12.5. The molecular weight excluding hydrogens is 769 g/mol. The third kappa shape index (κ3) is 8.50. The van der Waals surface area contributed by atoms with Gasteiger partial charge in [0.05, 0.1) is 0 Å². The van der Waals surface area contributed by atoms with E-state index in [1.165, 1.54) is 169 Å². The highest BCUT2D eigenvalue weighted by molar-refractivity contribution is 6.31. The lowest BCUT2D eigenvalue weighted by Gasteiger charge is -2.26. The molecule has 10 aromatic carbocycles. The van der Waals surface area contributed by atoms with Crippen LogP contribution in [0.3, 0.4) is 0 Å². The summed E-state index contributed by atoms with van der Waals surface area (Å²) in [7, 11) is 0. The van der Waals surface area contributed by atoms with Gasteiger partial charge in [-0.25, -0.2) is 0 Å². The van der Waals surface area contributed by atoms with Gasteiger partial charge in [0.2, 0.25) is 0 Å². The molecular formula is C64H58. The smallest absolute Gasteiger partial charge is 0.000766 e. The van der Waals surface area contributed by atoms with Crippen molar-refractivity contribution in [3.05, 3.63) is 206 Å². The summed E-state index contributed by atoms with van der Waals surface area (Å²) in [6, 6.07) is 74.8. The van der Waals surface area contributed by atoms with Crippen LogP contribution in [0.5, 0.6) is 0 Å². The summed E-state index contributed by atoms with van der Waals surface area (Å²) in [5.41, 5.74) is 16.7. The minimum atomic E-state index is 1.04. The largest absolute Gasteiger partial charge is 0.0654 e. The number of benzene rings is 10. The highest BCUT2D eigenvalue weighted by Crippen LogP contribution is 2.51. The monoisotopic (exact) mass is 826 g/mol. The van der Waals surface area contributed by atoms with E-state index in [0.29, 0.717) is 0 Å². The molecule has 0 atom stereocenters. The van der Waals surface area contributed by atoms with Gasteiger partial charge in [0, 0.05) is 0 Å². The van der Waals surface area contributed by atoms with Crippen LogP contribution >= 0.6 is 0 Å². The number of hydrogen-bond donors (Lipinski definition) is 0. The summed E-state index contributed by atoms with van der Waals surface area (Å²) in [6.45, 7) is 2.31. The zero-order chi connectivity index (χ0) is 43.1. The van der Waals surface area contributed by atoms with Crippen LogP contribution in [0.15, 0.2) is 200 Å². The molecule has 0 aromatic heterocycles. The second-order valence-corrected chi connectivity index (χ2v) is 17.9. The Hall–Kier alpha value is -6.76. The van der Waals surface area contributed by atoms with Gasteiger partial charge in [-0.2, -0.15) is 0 Å². The van der Waals surface area contributed by atoms with Crippen molar-refractivity contribution in [3.8, 4) is 66.8 Å². The van der Waals surface area contributed by atoms with Crippen molar-refractivity contribution >= 4 is 32.3 Å². The standard InChI is InChI=1S/C64H58/c1-2-3-4-5-6-7-8-9-10-20-30-57-58-44-43-53-28-21-29-56-45-59(52-37-31-49(32-38-52)46-22-14-11-15-23-46)64(63(58)60(53)56)62(55-41-35-51(36-42-55)48-26-18-13-19-27-48)61(57)54-39-33-50(34-40-54)47-24-16-12-17-25-47/h11-19,21-29,31-45H,2-10,20,30H2,1H3. The number of rotatable bonds is 17. The Morgan fingerprint density at radius 3 is 1.22 bits per heavy atom. The maximum absolute atomic E-state index is 2.48. The van der Waals surface area contributed by atoms with Gasteiger partial charge >= 0.3 is 0 Å². The van der Waals surface area contributed by atoms with E-state index in [-0.39, 0.29) is 0 Å². The molecule has 0 radical (unpaired) electrons. The first-order valence-electron chi connectivity index (χ1n) is 24.0. The fraction of sp³-hybridized carbons (Fsp3) is 0.188. The zero-order valence-corrected chi connectivity index (χ0v) is 37.3. The summed E-state index contributed by atoms with van der Waals surface area (Å²) in [5.74, 6) is 0. The summed E-state index contributed by atoms with van der Waals surface area (Å²) >= 11 is 0. The molecule has 0 heterocycles. The van der Waals surface area contributed by atoms with E-state index in [4.69, 9.17) is 0 Å². The Morgan fingerprint density at radius 1 is 0.281 bits per heavy atom.